The van der Waals surface area contributed by atoms with Crippen LogP contribution in [0.25, 0.3) is 11.4 Å². The number of rotatable bonds is 5. The van der Waals surface area contributed by atoms with E-state index in [1.807, 2.05) is 35.8 Å². The fraction of sp³-hybridized carbons (Fsp3) is 0.550. The first-order valence-electron chi connectivity index (χ1n) is 9.99. The third kappa shape index (κ3) is 3.81. The summed E-state index contributed by atoms with van der Waals surface area (Å²) in [6.07, 6.45) is -2.77. The minimum atomic E-state index is -1.36. The smallest absolute Gasteiger partial charge is 0.217 e. The quantitative estimate of drug-likeness (QED) is 0.515. The summed E-state index contributed by atoms with van der Waals surface area (Å²) < 4.78 is 9.70. The third-order valence-electron chi connectivity index (χ3n) is 5.57. The minimum absolute atomic E-state index is 0.231. The number of aryl methyl sites for hydroxylation is 1. The molecule has 0 bridgehead atoms. The fourth-order valence-electron chi connectivity index (χ4n) is 3.82. The summed E-state index contributed by atoms with van der Waals surface area (Å²) in [5.41, 5.74) is 2.02. The molecule has 10 heteroatoms. The molecule has 5 atom stereocenters. The van der Waals surface area contributed by atoms with Crippen molar-refractivity contribution in [3.05, 3.63) is 34.6 Å². The first-order valence-corrected chi connectivity index (χ1v) is 10.4. The summed E-state index contributed by atoms with van der Waals surface area (Å²) in [6.45, 7) is 2.82. The SMILES string of the molecule is CC(=O)N[C@@H]1[C@@H](O)[C@H](O)[C@@H](CO)O[C@H]1n1nc(-c2ccc(C)cc2)n(C2CC2)c1=S. The Bertz CT molecular complexity index is 984. The molecule has 0 spiro atoms. The van der Waals surface area contributed by atoms with E-state index in [-0.39, 0.29) is 6.04 Å². The van der Waals surface area contributed by atoms with Crippen LogP contribution in [-0.4, -0.2) is 66.5 Å². The molecule has 4 N–H and O–H groups in total. The first-order chi connectivity index (χ1) is 14.3. The van der Waals surface area contributed by atoms with Gasteiger partial charge in [-0.15, -0.1) is 5.10 Å². The lowest BCUT2D eigenvalue weighted by Crippen LogP contribution is -2.62. The highest BCUT2D eigenvalue weighted by molar-refractivity contribution is 7.71. The Morgan fingerprint density at radius 2 is 1.93 bits per heavy atom. The fourth-order valence-corrected chi connectivity index (χ4v) is 4.20. The van der Waals surface area contributed by atoms with Crippen LogP contribution in [0, 0.1) is 11.7 Å². The van der Waals surface area contributed by atoms with Crippen molar-refractivity contribution in [2.45, 2.75) is 63.3 Å². The van der Waals surface area contributed by atoms with Crippen LogP contribution < -0.4 is 5.32 Å². The highest BCUT2D eigenvalue weighted by Crippen LogP contribution is 2.40. The number of carbonyl (C=O) groups is 1. The van der Waals surface area contributed by atoms with E-state index in [1.54, 1.807) is 0 Å². The largest absolute Gasteiger partial charge is 0.394 e. The molecular formula is C20H26N4O5S. The number of aliphatic hydroxyl groups is 3. The molecule has 30 heavy (non-hydrogen) atoms. The Balaban J connectivity index is 1.81. The van der Waals surface area contributed by atoms with Gasteiger partial charge in [-0.3, -0.25) is 9.36 Å². The van der Waals surface area contributed by atoms with Gasteiger partial charge in [-0.2, -0.15) is 0 Å². The zero-order chi connectivity index (χ0) is 21.6. The molecular weight excluding hydrogens is 408 g/mol. The van der Waals surface area contributed by atoms with Crippen LogP contribution in [0.1, 0.15) is 37.6 Å². The van der Waals surface area contributed by atoms with Crippen LogP contribution >= 0.6 is 12.2 Å². The average Bonchev–Trinajstić information content (AvgIpc) is 3.49. The number of carbonyl (C=O) groups excluding carboxylic acids is 1. The zero-order valence-electron chi connectivity index (χ0n) is 16.8. The third-order valence-corrected chi connectivity index (χ3v) is 5.95. The molecule has 1 aromatic carbocycles. The lowest BCUT2D eigenvalue weighted by Gasteiger charge is -2.42. The van der Waals surface area contributed by atoms with Gasteiger partial charge >= 0.3 is 0 Å². The van der Waals surface area contributed by atoms with Crippen LogP contribution in [0.15, 0.2) is 24.3 Å². The molecule has 4 rings (SSSR count). The van der Waals surface area contributed by atoms with E-state index in [0.717, 1.165) is 24.0 Å². The van der Waals surface area contributed by atoms with Crippen LogP contribution in [0.2, 0.25) is 0 Å². The second-order valence-corrected chi connectivity index (χ2v) is 8.34. The van der Waals surface area contributed by atoms with Crippen molar-refractivity contribution in [1.82, 2.24) is 19.7 Å². The second kappa shape index (κ2) is 8.20. The predicted octanol–water partition coefficient (Wildman–Crippen LogP) is 0.841. The summed E-state index contributed by atoms with van der Waals surface area (Å²) in [5.74, 6) is 0.281. The molecule has 9 nitrogen and oxygen atoms in total. The number of hydrogen-bond donors (Lipinski definition) is 4. The summed E-state index contributed by atoms with van der Waals surface area (Å²) in [6, 6.07) is 7.17. The van der Waals surface area contributed by atoms with Gasteiger partial charge in [0.1, 0.15) is 24.4 Å². The maximum absolute atomic E-state index is 11.8. The van der Waals surface area contributed by atoms with E-state index >= 15 is 0 Å². The number of nitrogens with one attached hydrogen (secondary N) is 1. The van der Waals surface area contributed by atoms with Gasteiger partial charge in [-0.1, -0.05) is 29.8 Å². The summed E-state index contributed by atoms with van der Waals surface area (Å²) in [5, 5.41) is 37.8. The van der Waals surface area contributed by atoms with Crippen molar-refractivity contribution in [1.29, 1.82) is 0 Å². The normalized spacial score (nSPS) is 29.0. The van der Waals surface area contributed by atoms with E-state index in [1.165, 1.54) is 11.6 Å². The van der Waals surface area contributed by atoms with Crippen molar-refractivity contribution >= 4 is 18.1 Å². The standard InChI is InChI=1S/C20H26N4O5S/c1-10-3-5-12(6-4-10)18-22-24(20(30)23(18)13-7-8-13)19-15(21-11(2)26)17(28)16(27)14(9-25)29-19/h3-6,13-17,19,25,27-28H,7-9H2,1-2H3,(H,21,26)/t14-,15-,16-,17-,19-/m1/s1. The molecule has 1 saturated heterocycles. The molecule has 2 aromatic rings. The molecule has 162 valence electrons. The van der Waals surface area contributed by atoms with Gasteiger partial charge in [-0.25, -0.2) is 4.68 Å². The molecule has 0 radical (unpaired) electrons. The van der Waals surface area contributed by atoms with Crippen LogP contribution in [0.5, 0.6) is 0 Å². The molecule has 0 unspecified atom stereocenters. The molecule has 1 aromatic heterocycles. The first kappa shape index (κ1) is 21.1. The Labute approximate surface area is 178 Å². The summed E-state index contributed by atoms with van der Waals surface area (Å²) in [7, 11) is 0. The van der Waals surface area contributed by atoms with Crippen LogP contribution in [0.3, 0.4) is 0 Å². The summed E-state index contributed by atoms with van der Waals surface area (Å²) >= 11 is 5.71. The van der Waals surface area contributed by atoms with E-state index in [0.29, 0.717) is 10.6 Å². The van der Waals surface area contributed by atoms with Crippen LogP contribution in [0.4, 0.5) is 0 Å². The van der Waals surface area contributed by atoms with Gasteiger partial charge < -0.3 is 25.4 Å². The molecule has 1 amide bonds. The number of ether oxygens (including phenoxy) is 1. The lowest BCUT2D eigenvalue weighted by molar-refractivity contribution is -0.219. The van der Waals surface area contributed by atoms with Crippen molar-refractivity contribution in [3.63, 3.8) is 0 Å². The lowest BCUT2D eigenvalue weighted by atomic mass is 9.96. The van der Waals surface area contributed by atoms with Crippen molar-refractivity contribution in [2.75, 3.05) is 6.61 Å². The molecule has 2 aliphatic rings. The topological polar surface area (TPSA) is 122 Å². The van der Waals surface area contributed by atoms with Gasteiger partial charge in [0.15, 0.2) is 12.1 Å². The van der Waals surface area contributed by atoms with E-state index in [9.17, 15) is 20.1 Å². The van der Waals surface area contributed by atoms with E-state index < -0.39 is 43.1 Å². The zero-order valence-corrected chi connectivity index (χ0v) is 17.6. The number of aliphatic hydroxyl groups excluding tert-OH is 3. The van der Waals surface area contributed by atoms with E-state index in [4.69, 9.17) is 22.1 Å². The summed E-state index contributed by atoms with van der Waals surface area (Å²) in [4.78, 5) is 11.8. The Hall–Kier alpha value is -2.11. The van der Waals surface area contributed by atoms with E-state index in [2.05, 4.69) is 5.32 Å². The van der Waals surface area contributed by atoms with Crippen molar-refractivity contribution in [2.24, 2.45) is 0 Å². The average molecular weight is 435 g/mol. The molecule has 2 fully saturated rings. The number of aromatic nitrogens is 3. The Morgan fingerprint density at radius 1 is 1.27 bits per heavy atom. The van der Waals surface area contributed by atoms with Gasteiger partial charge in [0.2, 0.25) is 10.7 Å². The Kier molecular flexibility index (Phi) is 5.78. The van der Waals surface area contributed by atoms with Crippen molar-refractivity contribution in [3.8, 4) is 11.4 Å². The second-order valence-electron chi connectivity index (χ2n) is 7.97. The van der Waals surface area contributed by atoms with Gasteiger partial charge in [0.05, 0.1) is 6.61 Å². The van der Waals surface area contributed by atoms with Gasteiger partial charge in [0.25, 0.3) is 0 Å². The van der Waals surface area contributed by atoms with Crippen LogP contribution in [-0.2, 0) is 9.53 Å². The molecule has 1 saturated carbocycles. The van der Waals surface area contributed by atoms with Gasteiger partial charge in [-0.05, 0) is 32.0 Å². The number of nitrogens with zero attached hydrogens (tertiary/aromatic N) is 3. The maximum Gasteiger partial charge on any atom is 0.217 e. The molecule has 2 heterocycles. The number of amides is 1. The molecule has 1 aliphatic heterocycles. The van der Waals surface area contributed by atoms with Crippen molar-refractivity contribution < 1.29 is 24.9 Å². The van der Waals surface area contributed by atoms with Gasteiger partial charge in [0, 0.05) is 18.5 Å². The highest BCUT2D eigenvalue weighted by Gasteiger charge is 2.47. The highest BCUT2D eigenvalue weighted by atomic mass is 32.1. The predicted molar refractivity (Wildman–Crippen MR) is 110 cm³/mol. The minimum Gasteiger partial charge on any atom is -0.394 e. The maximum atomic E-state index is 11.8. The number of benzene rings is 1. The Morgan fingerprint density at radius 3 is 2.50 bits per heavy atom. The molecule has 1 aliphatic carbocycles. The monoisotopic (exact) mass is 434 g/mol. The number of hydrogen-bond acceptors (Lipinski definition) is 7.